The van der Waals surface area contributed by atoms with Crippen molar-refractivity contribution in [3.8, 4) is 0 Å². The third kappa shape index (κ3) is 6.61. The van der Waals surface area contributed by atoms with E-state index in [0.29, 0.717) is 0 Å². The first kappa shape index (κ1) is 32.2. The Bertz CT molecular complexity index is 2480. The zero-order chi connectivity index (χ0) is 35.4. The van der Waals surface area contributed by atoms with Gasteiger partial charge < -0.3 is 5.11 Å². The van der Waals surface area contributed by atoms with Crippen LogP contribution in [0.4, 0.5) is 0 Å². The predicted octanol–water partition coefficient (Wildman–Crippen LogP) is 9.78. The van der Waals surface area contributed by atoms with E-state index >= 15 is 0 Å². The molecule has 52 heavy (non-hydrogen) atoms. The summed E-state index contributed by atoms with van der Waals surface area (Å²) in [5.41, 5.74) is 15.3. The van der Waals surface area contributed by atoms with Crippen LogP contribution in [0, 0.1) is 0 Å². The van der Waals surface area contributed by atoms with E-state index in [-0.39, 0.29) is 0 Å². The van der Waals surface area contributed by atoms with E-state index in [1.807, 2.05) is 36.4 Å². The highest BCUT2D eigenvalue weighted by Crippen LogP contribution is 2.46. The molecule has 4 aromatic carbocycles. The SMILES string of the molecule is C1=CC2=NC1=CC1=NC(=C(c3ccccc3)C3=NC(=CC4=NC(=C2)C=C4)C=C3c2ccccc2)C(c2ccccc2)=C1c1ccccc1.CC(=O)O. The van der Waals surface area contributed by atoms with Crippen LogP contribution in [0.1, 0.15) is 29.2 Å². The summed E-state index contributed by atoms with van der Waals surface area (Å²) in [6, 6.07) is 42.1. The van der Waals surface area contributed by atoms with Gasteiger partial charge in [-0.15, -0.1) is 0 Å². The first-order chi connectivity index (χ1) is 25.5. The lowest BCUT2D eigenvalue weighted by Crippen LogP contribution is -2.07. The molecule has 5 aliphatic rings. The average molecular weight is 673 g/mol. The molecular formula is C46H32N4O2. The van der Waals surface area contributed by atoms with Crippen LogP contribution < -0.4 is 0 Å². The molecule has 0 aliphatic carbocycles. The van der Waals surface area contributed by atoms with Gasteiger partial charge >= 0.3 is 0 Å². The summed E-state index contributed by atoms with van der Waals surface area (Å²) in [6.45, 7) is 1.08. The second kappa shape index (κ2) is 14.1. The number of allylic oxidation sites excluding steroid dienone is 12. The standard InChI is InChI=1S/C44H28N4.C2H4O2/c1-5-13-29(14-6-1)38-27-37-26-35-22-21-33(45-35)25-34-23-24-36(46-34)28-39-40(30-15-7-2-8-16-30)41(31-17-9-3-10-18-31)44(48-39)42(43(38)47-37)32-19-11-4-12-20-32;1-2(3)4/h1-28H;1H3,(H,3,4). The Kier molecular flexibility index (Phi) is 8.70. The molecular weight excluding hydrogens is 641 g/mol. The topological polar surface area (TPSA) is 86.7 Å². The van der Waals surface area contributed by atoms with Crippen LogP contribution in [0.15, 0.2) is 213 Å². The van der Waals surface area contributed by atoms with Crippen LogP contribution in [0.3, 0.4) is 0 Å². The minimum Gasteiger partial charge on any atom is -0.481 e. The highest BCUT2D eigenvalue weighted by Gasteiger charge is 2.32. The van der Waals surface area contributed by atoms with Crippen molar-refractivity contribution in [2.24, 2.45) is 20.0 Å². The van der Waals surface area contributed by atoms with E-state index in [1.165, 1.54) is 0 Å². The number of hydrogen-bond donors (Lipinski definition) is 1. The molecule has 8 bridgehead atoms. The minimum atomic E-state index is -0.833. The van der Waals surface area contributed by atoms with Crippen molar-refractivity contribution in [3.05, 3.63) is 215 Å². The van der Waals surface area contributed by atoms with E-state index in [9.17, 15) is 0 Å². The maximum atomic E-state index is 9.00. The van der Waals surface area contributed by atoms with Gasteiger partial charge in [0.25, 0.3) is 5.97 Å². The van der Waals surface area contributed by atoms with Crippen molar-refractivity contribution >= 4 is 51.1 Å². The number of hydrogen-bond acceptors (Lipinski definition) is 5. The molecule has 1 N–H and O–H groups in total. The number of fused-ring (bicyclic) bond motifs is 4. The van der Waals surface area contributed by atoms with Crippen LogP contribution in [-0.4, -0.2) is 33.9 Å². The van der Waals surface area contributed by atoms with Crippen molar-refractivity contribution in [3.63, 3.8) is 0 Å². The van der Waals surface area contributed by atoms with Gasteiger partial charge in [0.05, 0.1) is 45.6 Å². The molecule has 0 fully saturated rings. The third-order valence-electron chi connectivity index (χ3n) is 8.75. The number of carbonyl (C=O) groups is 1. The number of carboxylic acid groups (broad SMARTS) is 1. The van der Waals surface area contributed by atoms with Gasteiger partial charge in [-0.2, -0.15) is 0 Å². The Morgan fingerprint density at radius 2 is 0.904 bits per heavy atom. The Hall–Kier alpha value is -7.05. The maximum Gasteiger partial charge on any atom is 0.300 e. The highest BCUT2D eigenvalue weighted by molar-refractivity contribution is 6.50. The van der Waals surface area contributed by atoms with Crippen LogP contribution in [0.5, 0.6) is 0 Å². The summed E-state index contributed by atoms with van der Waals surface area (Å²) < 4.78 is 0. The maximum absolute atomic E-state index is 9.00. The Morgan fingerprint density at radius 1 is 0.462 bits per heavy atom. The molecule has 5 aliphatic heterocycles. The summed E-state index contributed by atoms with van der Waals surface area (Å²) >= 11 is 0. The monoisotopic (exact) mass is 672 g/mol. The van der Waals surface area contributed by atoms with Crippen molar-refractivity contribution in [2.75, 3.05) is 0 Å². The lowest BCUT2D eigenvalue weighted by Gasteiger charge is -2.17. The molecule has 0 saturated carbocycles. The number of aliphatic imine (C=N–C) groups is 4. The van der Waals surface area contributed by atoms with Crippen molar-refractivity contribution in [2.45, 2.75) is 6.92 Å². The quantitative estimate of drug-likeness (QED) is 0.234. The van der Waals surface area contributed by atoms with E-state index in [4.69, 9.17) is 29.9 Å². The smallest absolute Gasteiger partial charge is 0.300 e. The van der Waals surface area contributed by atoms with Crippen LogP contribution in [-0.2, 0) is 4.79 Å². The molecule has 0 spiro atoms. The Morgan fingerprint density at radius 3 is 1.44 bits per heavy atom. The second-order valence-electron chi connectivity index (χ2n) is 12.4. The Balaban J connectivity index is 0.000000922. The lowest BCUT2D eigenvalue weighted by molar-refractivity contribution is -0.134. The number of aliphatic carboxylic acids is 1. The Labute approximate surface area is 302 Å². The van der Waals surface area contributed by atoms with E-state index < -0.39 is 5.97 Å². The molecule has 5 heterocycles. The van der Waals surface area contributed by atoms with Crippen LogP contribution in [0.25, 0.3) is 22.3 Å². The highest BCUT2D eigenvalue weighted by atomic mass is 16.4. The molecule has 6 heteroatoms. The molecule has 4 aromatic rings. The first-order valence-corrected chi connectivity index (χ1v) is 17.0. The number of benzene rings is 4. The summed E-state index contributed by atoms with van der Waals surface area (Å²) in [4.78, 5) is 29.8. The molecule has 6 nitrogen and oxygen atoms in total. The van der Waals surface area contributed by atoms with E-state index in [2.05, 4.69) is 133 Å². The number of carboxylic acids is 1. The molecule has 248 valence electrons. The zero-order valence-corrected chi connectivity index (χ0v) is 28.3. The molecule has 0 aromatic heterocycles. The largest absolute Gasteiger partial charge is 0.481 e. The van der Waals surface area contributed by atoms with Gasteiger partial charge in [0.1, 0.15) is 0 Å². The molecule has 9 rings (SSSR count). The number of nitrogens with zero attached hydrogens (tertiary/aromatic N) is 4. The van der Waals surface area contributed by atoms with Gasteiger partial charge in [0.2, 0.25) is 0 Å². The molecule has 0 atom stereocenters. The third-order valence-corrected chi connectivity index (χ3v) is 8.75. The van der Waals surface area contributed by atoms with Gasteiger partial charge in [-0.25, -0.2) is 20.0 Å². The normalized spacial score (nSPS) is 16.9. The van der Waals surface area contributed by atoms with Crippen molar-refractivity contribution in [1.82, 2.24) is 0 Å². The van der Waals surface area contributed by atoms with E-state index in [0.717, 1.165) is 97.1 Å². The van der Waals surface area contributed by atoms with Gasteiger partial charge in [0, 0.05) is 29.2 Å². The van der Waals surface area contributed by atoms with Gasteiger partial charge in [-0.3, -0.25) is 4.79 Å². The average Bonchev–Trinajstić information content (AvgIpc) is 3.97. The van der Waals surface area contributed by atoms with Gasteiger partial charge in [-0.1, -0.05) is 121 Å². The van der Waals surface area contributed by atoms with Crippen molar-refractivity contribution < 1.29 is 9.90 Å². The van der Waals surface area contributed by atoms with Crippen LogP contribution >= 0.6 is 0 Å². The summed E-state index contributed by atoms with van der Waals surface area (Å²) in [7, 11) is 0. The summed E-state index contributed by atoms with van der Waals surface area (Å²) in [6.07, 6.45) is 16.5. The number of rotatable bonds is 4. The van der Waals surface area contributed by atoms with Crippen LogP contribution in [0.2, 0.25) is 0 Å². The fourth-order valence-electron chi connectivity index (χ4n) is 6.63. The molecule has 0 unspecified atom stereocenters. The second-order valence-corrected chi connectivity index (χ2v) is 12.4. The fraction of sp³-hybridized carbons (Fsp3) is 0.0217. The van der Waals surface area contributed by atoms with Gasteiger partial charge in [0.15, 0.2) is 0 Å². The van der Waals surface area contributed by atoms with E-state index in [1.54, 1.807) is 0 Å². The first-order valence-electron chi connectivity index (χ1n) is 17.0. The molecule has 0 radical (unpaired) electrons. The summed E-state index contributed by atoms with van der Waals surface area (Å²) in [5.74, 6) is -0.833. The molecule has 0 amide bonds. The summed E-state index contributed by atoms with van der Waals surface area (Å²) in [5, 5.41) is 7.42. The van der Waals surface area contributed by atoms with Crippen molar-refractivity contribution in [1.29, 1.82) is 0 Å². The minimum absolute atomic E-state index is 0.833. The molecule has 0 saturated heterocycles. The zero-order valence-electron chi connectivity index (χ0n) is 28.3. The lowest BCUT2D eigenvalue weighted by atomic mass is 9.86. The van der Waals surface area contributed by atoms with Gasteiger partial charge in [-0.05, 0) is 70.9 Å². The predicted molar refractivity (Wildman–Crippen MR) is 213 cm³/mol. The fourth-order valence-corrected chi connectivity index (χ4v) is 6.63.